The Kier molecular flexibility index (Phi) is 4.65. The zero-order chi connectivity index (χ0) is 16.3. The summed E-state index contributed by atoms with van der Waals surface area (Å²) >= 11 is 0. The summed E-state index contributed by atoms with van der Waals surface area (Å²) in [5, 5.41) is 2.79. The standard InChI is InChI=1S/C17H20N2O3/c1-11(2)12-5-7-13(8-6-12)18-17(21)14-9-15(20)16(22-4)10-19(14)3/h5-11H,1-4H3,(H,18,21). The van der Waals surface area contributed by atoms with Crippen LogP contribution < -0.4 is 15.5 Å². The number of methoxy groups -OCH3 is 1. The number of anilines is 1. The Morgan fingerprint density at radius 1 is 1.23 bits per heavy atom. The molecule has 1 heterocycles. The van der Waals surface area contributed by atoms with Crippen LogP contribution in [-0.4, -0.2) is 17.6 Å². The molecule has 0 bridgehead atoms. The van der Waals surface area contributed by atoms with E-state index in [0.717, 1.165) is 0 Å². The second kappa shape index (κ2) is 6.47. The van der Waals surface area contributed by atoms with Gasteiger partial charge in [-0.15, -0.1) is 0 Å². The molecule has 0 aliphatic heterocycles. The maximum atomic E-state index is 12.3. The number of aromatic nitrogens is 1. The molecule has 0 radical (unpaired) electrons. The highest BCUT2D eigenvalue weighted by Crippen LogP contribution is 2.17. The first kappa shape index (κ1) is 15.8. The molecular weight excluding hydrogens is 280 g/mol. The van der Waals surface area contributed by atoms with Crippen molar-refractivity contribution in [2.24, 2.45) is 7.05 Å². The Labute approximate surface area is 129 Å². The zero-order valence-electron chi connectivity index (χ0n) is 13.2. The maximum Gasteiger partial charge on any atom is 0.272 e. The fourth-order valence-electron chi connectivity index (χ4n) is 2.13. The van der Waals surface area contributed by atoms with Crippen molar-refractivity contribution in [2.75, 3.05) is 12.4 Å². The van der Waals surface area contributed by atoms with E-state index in [1.54, 1.807) is 11.6 Å². The molecule has 0 saturated carbocycles. The lowest BCUT2D eigenvalue weighted by Crippen LogP contribution is -2.21. The van der Waals surface area contributed by atoms with E-state index >= 15 is 0 Å². The van der Waals surface area contributed by atoms with Gasteiger partial charge in [0.15, 0.2) is 5.75 Å². The number of hydrogen-bond donors (Lipinski definition) is 1. The van der Waals surface area contributed by atoms with Gasteiger partial charge in [-0.2, -0.15) is 0 Å². The Hall–Kier alpha value is -2.56. The average molecular weight is 300 g/mol. The van der Waals surface area contributed by atoms with Crippen LogP contribution in [0.1, 0.15) is 35.8 Å². The number of hydrogen-bond acceptors (Lipinski definition) is 3. The molecule has 1 N–H and O–H groups in total. The number of pyridine rings is 1. The van der Waals surface area contributed by atoms with Gasteiger partial charge in [-0.25, -0.2) is 0 Å². The van der Waals surface area contributed by atoms with Gasteiger partial charge in [-0.3, -0.25) is 9.59 Å². The highest BCUT2D eigenvalue weighted by atomic mass is 16.5. The SMILES string of the molecule is COc1cn(C)c(C(=O)Nc2ccc(C(C)C)cc2)cc1=O. The predicted octanol–water partition coefficient (Wildman–Crippen LogP) is 2.77. The molecule has 0 spiro atoms. The van der Waals surface area contributed by atoms with Gasteiger partial charge in [0.25, 0.3) is 5.91 Å². The number of benzene rings is 1. The molecule has 22 heavy (non-hydrogen) atoms. The van der Waals surface area contributed by atoms with Crippen LogP contribution in [0.5, 0.6) is 5.75 Å². The summed E-state index contributed by atoms with van der Waals surface area (Å²) in [5.74, 6) is 0.312. The molecule has 0 aliphatic carbocycles. The summed E-state index contributed by atoms with van der Waals surface area (Å²) in [6, 6.07) is 8.95. The third kappa shape index (κ3) is 3.36. The van der Waals surface area contributed by atoms with Crippen LogP contribution in [0.15, 0.2) is 41.3 Å². The van der Waals surface area contributed by atoms with Crippen LogP contribution >= 0.6 is 0 Å². The summed E-state index contributed by atoms with van der Waals surface area (Å²) in [6.07, 6.45) is 1.50. The highest BCUT2D eigenvalue weighted by molar-refractivity contribution is 6.03. The Balaban J connectivity index is 2.22. The van der Waals surface area contributed by atoms with E-state index in [9.17, 15) is 9.59 Å². The number of aryl methyl sites for hydroxylation is 1. The van der Waals surface area contributed by atoms with Crippen LogP contribution in [0.3, 0.4) is 0 Å². The molecule has 0 fully saturated rings. The normalized spacial score (nSPS) is 10.6. The lowest BCUT2D eigenvalue weighted by atomic mass is 10.0. The van der Waals surface area contributed by atoms with Crippen LogP contribution in [-0.2, 0) is 7.05 Å². The van der Waals surface area contributed by atoms with Gasteiger partial charge in [0.2, 0.25) is 5.43 Å². The van der Waals surface area contributed by atoms with E-state index in [0.29, 0.717) is 11.6 Å². The molecule has 1 aromatic carbocycles. The van der Waals surface area contributed by atoms with E-state index in [-0.39, 0.29) is 22.8 Å². The van der Waals surface area contributed by atoms with Crippen molar-refractivity contribution >= 4 is 11.6 Å². The molecule has 5 heteroatoms. The number of carbonyl (C=O) groups excluding carboxylic acids is 1. The number of amides is 1. The Morgan fingerprint density at radius 3 is 2.41 bits per heavy atom. The van der Waals surface area contributed by atoms with Crippen molar-refractivity contribution in [1.29, 1.82) is 0 Å². The number of nitrogens with zero attached hydrogens (tertiary/aromatic N) is 1. The smallest absolute Gasteiger partial charge is 0.272 e. The lowest BCUT2D eigenvalue weighted by molar-refractivity contribution is 0.101. The van der Waals surface area contributed by atoms with Crippen molar-refractivity contribution in [3.05, 3.63) is 58.0 Å². The van der Waals surface area contributed by atoms with E-state index in [1.807, 2.05) is 24.3 Å². The predicted molar refractivity (Wildman–Crippen MR) is 86.7 cm³/mol. The van der Waals surface area contributed by atoms with Crippen molar-refractivity contribution in [3.8, 4) is 5.75 Å². The number of carbonyl (C=O) groups is 1. The van der Waals surface area contributed by atoms with Crippen molar-refractivity contribution in [3.63, 3.8) is 0 Å². The van der Waals surface area contributed by atoms with Crippen molar-refractivity contribution in [1.82, 2.24) is 4.57 Å². The molecule has 0 atom stereocenters. The molecule has 2 rings (SSSR count). The largest absolute Gasteiger partial charge is 0.491 e. The van der Waals surface area contributed by atoms with Crippen LogP contribution in [0, 0.1) is 0 Å². The quantitative estimate of drug-likeness (QED) is 0.944. The molecule has 0 aliphatic rings. The maximum absolute atomic E-state index is 12.3. The molecule has 1 amide bonds. The van der Waals surface area contributed by atoms with Crippen LogP contribution in [0.25, 0.3) is 0 Å². The first-order valence-electron chi connectivity index (χ1n) is 7.08. The molecule has 5 nitrogen and oxygen atoms in total. The highest BCUT2D eigenvalue weighted by Gasteiger charge is 2.12. The lowest BCUT2D eigenvalue weighted by Gasteiger charge is -2.11. The zero-order valence-corrected chi connectivity index (χ0v) is 13.2. The van der Waals surface area contributed by atoms with Gasteiger partial charge in [0, 0.05) is 18.8 Å². The molecule has 1 aromatic heterocycles. The fraction of sp³-hybridized carbons (Fsp3) is 0.294. The minimum atomic E-state index is -0.334. The number of ether oxygens (including phenoxy) is 1. The van der Waals surface area contributed by atoms with Gasteiger partial charge in [0.05, 0.1) is 13.3 Å². The third-order valence-electron chi connectivity index (χ3n) is 3.49. The minimum absolute atomic E-state index is 0.209. The molecule has 0 unspecified atom stereocenters. The van der Waals surface area contributed by atoms with Crippen LogP contribution in [0.2, 0.25) is 0 Å². The fourth-order valence-corrected chi connectivity index (χ4v) is 2.13. The third-order valence-corrected chi connectivity index (χ3v) is 3.49. The first-order chi connectivity index (χ1) is 10.4. The number of nitrogens with one attached hydrogen (secondary N) is 1. The monoisotopic (exact) mass is 300 g/mol. The summed E-state index contributed by atoms with van der Waals surface area (Å²) in [5.41, 5.74) is 1.85. The Bertz CT molecular complexity index is 731. The van der Waals surface area contributed by atoms with Crippen molar-refractivity contribution < 1.29 is 9.53 Å². The average Bonchev–Trinajstić information content (AvgIpc) is 2.49. The summed E-state index contributed by atoms with van der Waals surface area (Å²) in [6.45, 7) is 4.22. The van der Waals surface area contributed by atoms with E-state index in [2.05, 4.69) is 19.2 Å². The Morgan fingerprint density at radius 2 is 1.86 bits per heavy atom. The van der Waals surface area contributed by atoms with E-state index in [1.165, 1.54) is 24.9 Å². The topological polar surface area (TPSA) is 60.3 Å². The van der Waals surface area contributed by atoms with Gasteiger partial charge in [0.1, 0.15) is 5.69 Å². The summed E-state index contributed by atoms with van der Waals surface area (Å²) in [7, 11) is 3.12. The van der Waals surface area contributed by atoms with E-state index < -0.39 is 0 Å². The minimum Gasteiger partial charge on any atom is -0.491 e. The summed E-state index contributed by atoms with van der Waals surface area (Å²) < 4.78 is 6.52. The van der Waals surface area contributed by atoms with Crippen molar-refractivity contribution in [2.45, 2.75) is 19.8 Å². The van der Waals surface area contributed by atoms with E-state index in [4.69, 9.17) is 4.74 Å². The van der Waals surface area contributed by atoms with Gasteiger partial charge >= 0.3 is 0 Å². The van der Waals surface area contributed by atoms with Crippen LogP contribution in [0.4, 0.5) is 5.69 Å². The molecule has 2 aromatic rings. The molecule has 0 saturated heterocycles. The second-order valence-corrected chi connectivity index (χ2v) is 5.43. The second-order valence-electron chi connectivity index (χ2n) is 5.43. The molecular formula is C17H20N2O3. The number of rotatable bonds is 4. The summed E-state index contributed by atoms with van der Waals surface area (Å²) in [4.78, 5) is 24.1. The van der Waals surface area contributed by atoms with Gasteiger partial charge in [-0.1, -0.05) is 26.0 Å². The van der Waals surface area contributed by atoms with Gasteiger partial charge in [-0.05, 0) is 23.6 Å². The van der Waals surface area contributed by atoms with Gasteiger partial charge < -0.3 is 14.6 Å². The first-order valence-corrected chi connectivity index (χ1v) is 7.08. The molecule has 116 valence electrons.